The summed E-state index contributed by atoms with van der Waals surface area (Å²) in [4.78, 5) is 18.0. The van der Waals surface area contributed by atoms with Gasteiger partial charge in [0.2, 0.25) is 17.7 Å². The first-order valence-corrected chi connectivity index (χ1v) is 8.80. The molecule has 1 amide bonds. The number of nitrogens with zero attached hydrogens (tertiary/aromatic N) is 3. The molecule has 7 nitrogen and oxygen atoms in total. The Morgan fingerprint density at radius 3 is 3.04 bits per heavy atom. The molecule has 3 heterocycles. The van der Waals surface area contributed by atoms with E-state index in [-0.39, 0.29) is 24.5 Å². The van der Waals surface area contributed by atoms with Crippen molar-refractivity contribution in [1.82, 2.24) is 20.1 Å². The summed E-state index contributed by atoms with van der Waals surface area (Å²) in [5, 5.41) is 9.59. The number of H-pyrrole nitrogens is 1. The van der Waals surface area contributed by atoms with Crippen LogP contribution in [0.4, 0.5) is 0 Å². The molecule has 0 spiro atoms. The van der Waals surface area contributed by atoms with Gasteiger partial charge in [0.15, 0.2) is 0 Å². The number of carbonyl (C=O) groups is 1. The molecule has 26 heavy (non-hydrogen) atoms. The fourth-order valence-corrected chi connectivity index (χ4v) is 3.66. The van der Waals surface area contributed by atoms with E-state index in [9.17, 15) is 4.79 Å². The van der Waals surface area contributed by atoms with Crippen LogP contribution in [0.5, 0.6) is 0 Å². The molecule has 0 bridgehead atoms. The quantitative estimate of drug-likeness (QED) is 0.758. The van der Waals surface area contributed by atoms with E-state index in [1.807, 2.05) is 24.4 Å². The summed E-state index contributed by atoms with van der Waals surface area (Å²) in [5.41, 5.74) is 1.87. The van der Waals surface area contributed by atoms with Crippen molar-refractivity contribution >= 4 is 28.4 Å². The molecule has 8 heteroatoms. The van der Waals surface area contributed by atoms with Crippen molar-refractivity contribution in [2.45, 2.75) is 31.9 Å². The van der Waals surface area contributed by atoms with Gasteiger partial charge in [-0.25, -0.2) is 0 Å². The molecule has 3 aromatic rings. The molecule has 1 aromatic carbocycles. The normalized spacial score (nSPS) is 20.2. The number of ether oxygens (including phenoxy) is 1. The summed E-state index contributed by atoms with van der Waals surface area (Å²) in [7, 11) is 1.65. The number of methoxy groups -OCH3 is 1. The number of hydrogen-bond acceptors (Lipinski definition) is 5. The van der Waals surface area contributed by atoms with Gasteiger partial charge in [0.25, 0.3) is 0 Å². The SMILES string of the molecule is CO[C@@H]1C[C@H](c2nnc(C)o2)N(C(=O)Cc2c[nH]c3ccc(Cl)cc23)C1. The Morgan fingerprint density at radius 2 is 2.31 bits per heavy atom. The fraction of sp³-hybridized carbons (Fsp3) is 0.389. The fourth-order valence-electron chi connectivity index (χ4n) is 3.49. The lowest BCUT2D eigenvalue weighted by Crippen LogP contribution is -2.33. The van der Waals surface area contributed by atoms with E-state index in [1.165, 1.54) is 0 Å². The highest BCUT2D eigenvalue weighted by atomic mass is 35.5. The van der Waals surface area contributed by atoms with Crippen molar-refractivity contribution in [3.05, 3.63) is 46.8 Å². The molecule has 2 atom stereocenters. The Kier molecular flexibility index (Phi) is 4.42. The molecule has 0 saturated carbocycles. The highest BCUT2D eigenvalue weighted by Crippen LogP contribution is 2.33. The Hall–Kier alpha value is -2.38. The van der Waals surface area contributed by atoms with Crippen LogP contribution in [0.25, 0.3) is 10.9 Å². The monoisotopic (exact) mass is 374 g/mol. The number of likely N-dealkylation sites (tertiary alicyclic amines) is 1. The number of fused-ring (bicyclic) bond motifs is 1. The highest BCUT2D eigenvalue weighted by molar-refractivity contribution is 6.31. The third-order valence-electron chi connectivity index (χ3n) is 4.81. The van der Waals surface area contributed by atoms with Crippen molar-refractivity contribution in [1.29, 1.82) is 0 Å². The van der Waals surface area contributed by atoms with Crippen molar-refractivity contribution in [3.8, 4) is 0 Å². The van der Waals surface area contributed by atoms with Gasteiger partial charge in [-0.05, 0) is 23.8 Å². The van der Waals surface area contributed by atoms with Crippen LogP contribution in [0, 0.1) is 6.92 Å². The van der Waals surface area contributed by atoms with Crippen LogP contribution >= 0.6 is 11.6 Å². The highest BCUT2D eigenvalue weighted by Gasteiger charge is 2.39. The van der Waals surface area contributed by atoms with Gasteiger partial charge in [-0.3, -0.25) is 4.79 Å². The van der Waals surface area contributed by atoms with Crippen LogP contribution in [0.3, 0.4) is 0 Å². The van der Waals surface area contributed by atoms with Crippen LogP contribution < -0.4 is 0 Å². The first kappa shape index (κ1) is 17.1. The molecule has 1 aliphatic rings. The average molecular weight is 375 g/mol. The number of aromatic amines is 1. The van der Waals surface area contributed by atoms with Crippen LogP contribution in [0.2, 0.25) is 5.02 Å². The summed E-state index contributed by atoms with van der Waals surface area (Å²) in [6.45, 7) is 2.24. The predicted octanol–water partition coefficient (Wildman–Crippen LogP) is 3.04. The molecule has 4 rings (SSSR count). The molecule has 136 valence electrons. The van der Waals surface area contributed by atoms with E-state index >= 15 is 0 Å². The van der Waals surface area contributed by atoms with Crippen LogP contribution in [-0.4, -0.2) is 45.7 Å². The molecular formula is C18H19ClN4O3. The number of halogens is 1. The average Bonchev–Trinajstić information content (AvgIpc) is 3.33. The second kappa shape index (κ2) is 6.74. The third-order valence-corrected chi connectivity index (χ3v) is 5.05. The molecule has 0 radical (unpaired) electrons. The third kappa shape index (κ3) is 3.08. The van der Waals surface area contributed by atoms with E-state index in [1.54, 1.807) is 18.9 Å². The summed E-state index contributed by atoms with van der Waals surface area (Å²) < 4.78 is 11.0. The standard InChI is InChI=1S/C18H19ClN4O3/c1-10-21-22-18(26-10)16-7-13(25-2)9-23(16)17(24)5-11-8-20-15-4-3-12(19)6-14(11)15/h3-4,6,8,13,16,20H,5,7,9H2,1-2H3/t13-,16-/m1/s1. The van der Waals surface area contributed by atoms with Crippen molar-refractivity contribution < 1.29 is 13.9 Å². The van der Waals surface area contributed by atoms with E-state index < -0.39 is 0 Å². The van der Waals surface area contributed by atoms with Gasteiger partial charge in [-0.2, -0.15) is 0 Å². The second-order valence-electron chi connectivity index (χ2n) is 6.50. The van der Waals surface area contributed by atoms with Gasteiger partial charge in [-0.1, -0.05) is 11.6 Å². The maximum atomic E-state index is 13.0. The number of carbonyl (C=O) groups excluding carboxylic acids is 1. The van der Waals surface area contributed by atoms with E-state index in [2.05, 4.69) is 15.2 Å². The minimum Gasteiger partial charge on any atom is -0.423 e. The van der Waals surface area contributed by atoms with Crippen molar-refractivity contribution in [2.24, 2.45) is 0 Å². The van der Waals surface area contributed by atoms with Gasteiger partial charge in [0.05, 0.1) is 12.5 Å². The Balaban J connectivity index is 1.59. The minimum atomic E-state index is -0.262. The zero-order chi connectivity index (χ0) is 18.3. The second-order valence-corrected chi connectivity index (χ2v) is 6.93. The van der Waals surface area contributed by atoms with Gasteiger partial charge in [0, 0.05) is 49.1 Å². The van der Waals surface area contributed by atoms with E-state index in [0.29, 0.717) is 29.8 Å². The van der Waals surface area contributed by atoms with Gasteiger partial charge in [-0.15, -0.1) is 10.2 Å². The molecule has 1 fully saturated rings. The Bertz CT molecular complexity index is 951. The first-order valence-electron chi connectivity index (χ1n) is 8.43. The molecule has 1 saturated heterocycles. The van der Waals surface area contributed by atoms with Crippen molar-refractivity contribution in [3.63, 3.8) is 0 Å². The van der Waals surface area contributed by atoms with Gasteiger partial charge < -0.3 is 19.0 Å². The number of rotatable bonds is 4. The maximum Gasteiger partial charge on any atom is 0.239 e. The van der Waals surface area contributed by atoms with Crippen LogP contribution in [0.15, 0.2) is 28.8 Å². The molecule has 0 aliphatic carbocycles. The van der Waals surface area contributed by atoms with Crippen molar-refractivity contribution in [2.75, 3.05) is 13.7 Å². The van der Waals surface area contributed by atoms with Crippen LogP contribution in [-0.2, 0) is 16.0 Å². The minimum absolute atomic E-state index is 0.00808. The first-order chi connectivity index (χ1) is 12.5. The summed E-state index contributed by atoms with van der Waals surface area (Å²) >= 11 is 6.10. The number of nitrogens with one attached hydrogen (secondary N) is 1. The van der Waals surface area contributed by atoms with Gasteiger partial charge >= 0.3 is 0 Å². The molecular weight excluding hydrogens is 356 g/mol. The number of aryl methyl sites for hydroxylation is 1. The lowest BCUT2D eigenvalue weighted by atomic mass is 10.1. The Labute approximate surface area is 155 Å². The smallest absolute Gasteiger partial charge is 0.239 e. The van der Waals surface area contributed by atoms with Gasteiger partial charge in [0.1, 0.15) is 6.04 Å². The number of aromatic nitrogens is 3. The topological polar surface area (TPSA) is 84.2 Å². The molecule has 2 aromatic heterocycles. The number of benzene rings is 1. The predicted molar refractivity (Wildman–Crippen MR) is 95.9 cm³/mol. The summed E-state index contributed by atoms with van der Waals surface area (Å²) in [6.07, 6.45) is 2.71. The molecule has 1 N–H and O–H groups in total. The zero-order valence-electron chi connectivity index (χ0n) is 14.5. The summed E-state index contributed by atoms with van der Waals surface area (Å²) in [5.74, 6) is 0.934. The van der Waals surface area contributed by atoms with E-state index in [4.69, 9.17) is 20.8 Å². The Morgan fingerprint density at radius 1 is 1.46 bits per heavy atom. The number of amides is 1. The maximum absolute atomic E-state index is 13.0. The lowest BCUT2D eigenvalue weighted by molar-refractivity contribution is -0.132. The lowest BCUT2D eigenvalue weighted by Gasteiger charge is -2.21. The van der Waals surface area contributed by atoms with Crippen LogP contribution in [0.1, 0.15) is 29.8 Å². The molecule has 0 unspecified atom stereocenters. The number of hydrogen-bond donors (Lipinski definition) is 1. The molecule has 1 aliphatic heterocycles. The zero-order valence-corrected chi connectivity index (χ0v) is 15.3. The van der Waals surface area contributed by atoms with E-state index in [0.717, 1.165) is 16.5 Å². The summed E-state index contributed by atoms with van der Waals surface area (Å²) in [6, 6.07) is 5.34. The largest absolute Gasteiger partial charge is 0.423 e.